The third kappa shape index (κ3) is 2.62. The lowest BCUT2D eigenvalue weighted by atomic mass is 10.3. The van der Waals surface area contributed by atoms with Crippen LogP contribution >= 0.6 is 11.6 Å². The average molecular weight is 255 g/mol. The van der Waals surface area contributed by atoms with Crippen LogP contribution in [-0.2, 0) is 6.54 Å². The van der Waals surface area contributed by atoms with E-state index in [-0.39, 0.29) is 5.82 Å². The quantitative estimate of drug-likeness (QED) is 0.909. The molecule has 0 aliphatic heterocycles. The molecule has 90 valence electrons. The highest BCUT2D eigenvalue weighted by molar-refractivity contribution is 6.32. The summed E-state index contributed by atoms with van der Waals surface area (Å²) in [5, 5.41) is 11.3. The number of nitrogens with one attached hydrogen (secondary N) is 1. The van der Waals surface area contributed by atoms with Gasteiger partial charge in [-0.3, -0.25) is 0 Å². The van der Waals surface area contributed by atoms with Crippen molar-refractivity contribution in [2.24, 2.45) is 0 Å². The second-order valence-corrected chi connectivity index (χ2v) is 3.92. The van der Waals surface area contributed by atoms with Crippen molar-refractivity contribution in [1.29, 1.82) is 0 Å². The molecular weight excluding hydrogens is 243 g/mol. The minimum absolute atomic E-state index is 0.313. The van der Waals surface area contributed by atoms with Crippen molar-refractivity contribution in [3.05, 3.63) is 40.9 Å². The number of halogens is 2. The van der Waals surface area contributed by atoms with Gasteiger partial charge in [0.05, 0.1) is 22.6 Å². The maximum Gasteiger partial charge on any atom is 0.124 e. The molecule has 0 radical (unpaired) electrons. The largest absolute Gasteiger partial charge is 0.311 e. The van der Waals surface area contributed by atoms with Gasteiger partial charge in [0.15, 0.2) is 0 Å². The molecule has 1 heterocycles. The van der Waals surface area contributed by atoms with Crippen LogP contribution in [0.3, 0.4) is 0 Å². The van der Waals surface area contributed by atoms with Gasteiger partial charge in [-0.15, -0.1) is 5.10 Å². The highest BCUT2D eigenvalue weighted by Gasteiger charge is 2.09. The second-order valence-electron chi connectivity index (χ2n) is 3.51. The normalized spacial score (nSPS) is 10.8. The molecule has 0 unspecified atom stereocenters. The van der Waals surface area contributed by atoms with E-state index < -0.39 is 0 Å². The third-order valence-electron chi connectivity index (χ3n) is 2.31. The van der Waals surface area contributed by atoms with Crippen molar-refractivity contribution in [3.8, 4) is 5.69 Å². The summed E-state index contributed by atoms with van der Waals surface area (Å²) in [6.45, 7) is 3.50. The van der Waals surface area contributed by atoms with Gasteiger partial charge >= 0.3 is 0 Å². The molecule has 0 aliphatic carbocycles. The SMILES string of the molecule is CCNCc1cnnn1-c1ccc(F)cc1Cl. The Bertz CT molecular complexity index is 512. The lowest BCUT2D eigenvalue weighted by Crippen LogP contribution is -2.15. The van der Waals surface area contributed by atoms with Crippen molar-refractivity contribution in [2.75, 3.05) is 6.54 Å². The summed E-state index contributed by atoms with van der Waals surface area (Å²) < 4.78 is 14.6. The molecule has 0 aliphatic rings. The van der Waals surface area contributed by atoms with Crippen LogP contribution in [0, 0.1) is 5.82 Å². The van der Waals surface area contributed by atoms with E-state index in [9.17, 15) is 4.39 Å². The van der Waals surface area contributed by atoms with Gasteiger partial charge in [0, 0.05) is 6.54 Å². The number of nitrogens with zero attached hydrogens (tertiary/aromatic N) is 3. The Hall–Kier alpha value is -1.46. The summed E-state index contributed by atoms with van der Waals surface area (Å²) in [5.41, 5.74) is 1.50. The third-order valence-corrected chi connectivity index (χ3v) is 2.62. The monoisotopic (exact) mass is 254 g/mol. The maximum absolute atomic E-state index is 13.0. The molecule has 0 bridgehead atoms. The van der Waals surface area contributed by atoms with Crippen LogP contribution in [0.2, 0.25) is 5.02 Å². The standard InChI is InChI=1S/C11H12ClFN4/c1-2-14-6-9-7-15-16-17(9)11-4-3-8(13)5-10(11)12/h3-5,7,14H,2,6H2,1H3. The number of rotatable bonds is 4. The Morgan fingerprint density at radius 3 is 3.00 bits per heavy atom. The molecule has 0 atom stereocenters. The summed E-state index contributed by atoms with van der Waals surface area (Å²) in [6.07, 6.45) is 1.66. The molecule has 0 saturated carbocycles. The van der Waals surface area contributed by atoms with Crippen molar-refractivity contribution >= 4 is 11.6 Å². The van der Waals surface area contributed by atoms with Gasteiger partial charge in [-0.05, 0) is 24.7 Å². The smallest absolute Gasteiger partial charge is 0.124 e. The van der Waals surface area contributed by atoms with E-state index in [1.54, 1.807) is 16.9 Å². The fraction of sp³-hybridized carbons (Fsp3) is 0.273. The number of aromatic nitrogens is 3. The predicted octanol–water partition coefficient (Wildman–Crippen LogP) is 2.17. The topological polar surface area (TPSA) is 42.7 Å². The fourth-order valence-electron chi connectivity index (χ4n) is 1.49. The molecule has 17 heavy (non-hydrogen) atoms. The first-order chi connectivity index (χ1) is 8.22. The Morgan fingerprint density at radius 2 is 2.29 bits per heavy atom. The van der Waals surface area contributed by atoms with E-state index in [4.69, 9.17) is 11.6 Å². The van der Waals surface area contributed by atoms with Gasteiger partial charge in [-0.1, -0.05) is 23.7 Å². The van der Waals surface area contributed by atoms with Crippen molar-refractivity contribution in [2.45, 2.75) is 13.5 Å². The van der Waals surface area contributed by atoms with E-state index in [2.05, 4.69) is 15.6 Å². The van der Waals surface area contributed by atoms with Gasteiger partial charge in [0.2, 0.25) is 0 Å². The minimum Gasteiger partial charge on any atom is -0.311 e. The molecule has 0 amide bonds. The molecule has 1 aromatic heterocycles. The Morgan fingerprint density at radius 1 is 1.47 bits per heavy atom. The molecular formula is C11H12ClFN4. The van der Waals surface area contributed by atoms with Gasteiger partial charge in [0.25, 0.3) is 0 Å². The van der Waals surface area contributed by atoms with Crippen LogP contribution in [0.25, 0.3) is 5.69 Å². The van der Waals surface area contributed by atoms with Crippen LogP contribution in [0.15, 0.2) is 24.4 Å². The number of benzene rings is 1. The maximum atomic E-state index is 13.0. The molecule has 2 aromatic rings. The van der Waals surface area contributed by atoms with Crippen molar-refractivity contribution in [3.63, 3.8) is 0 Å². The summed E-state index contributed by atoms with van der Waals surface area (Å²) in [7, 11) is 0. The molecule has 1 aromatic carbocycles. The molecule has 4 nitrogen and oxygen atoms in total. The van der Waals surface area contributed by atoms with E-state index in [1.807, 2.05) is 6.92 Å². The zero-order valence-electron chi connectivity index (χ0n) is 9.32. The predicted molar refractivity (Wildman–Crippen MR) is 63.7 cm³/mol. The molecule has 6 heteroatoms. The molecule has 2 rings (SSSR count). The average Bonchev–Trinajstić information content (AvgIpc) is 2.74. The van der Waals surface area contributed by atoms with E-state index in [0.717, 1.165) is 12.2 Å². The Kier molecular flexibility index (Phi) is 3.71. The Labute approximate surface area is 103 Å². The zero-order chi connectivity index (χ0) is 12.3. The van der Waals surface area contributed by atoms with Crippen LogP contribution in [-0.4, -0.2) is 21.5 Å². The fourth-order valence-corrected chi connectivity index (χ4v) is 1.73. The lowest BCUT2D eigenvalue weighted by molar-refractivity contribution is 0.625. The first-order valence-electron chi connectivity index (χ1n) is 5.28. The molecule has 0 saturated heterocycles. The second kappa shape index (κ2) is 5.25. The van der Waals surface area contributed by atoms with Gasteiger partial charge < -0.3 is 5.32 Å². The van der Waals surface area contributed by atoms with Gasteiger partial charge in [-0.25, -0.2) is 9.07 Å². The summed E-state index contributed by atoms with van der Waals surface area (Å²) in [6, 6.07) is 4.19. The first-order valence-corrected chi connectivity index (χ1v) is 5.66. The van der Waals surface area contributed by atoms with Crippen LogP contribution in [0.5, 0.6) is 0 Å². The van der Waals surface area contributed by atoms with Gasteiger partial charge in [0.1, 0.15) is 5.82 Å². The minimum atomic E-state index is -0.368. The molecule has 1 N–H and O–H groups in total. The lowest BCUT2D eigenvalue weighted by Gasteiger charge is -2.08. The van der Waals surface area contributed by atoms with Crippen LogP contribution in [0.1, 0.15) is 12.6 Å². The summed E-state index contributed by atoms with van der Waals surface area (Å²) in [5.74, 6) is -0.368. The van der Waals surface area contributed by atoms with E-state index >= 15 is 0 Å². The van der Waals surface area contributed by atoms with Crippen molar-refractivity contribution < 1.29 is 4.39 Å². The van der Waals surface area contributed by atoms with Gasteiger partial charge in [-0.2, -0.15) is 0 Å². The van der Waals surface area contributed by atoms with Crippen LogP contribution < -0.4 is 5.32 Å². The summed E-state index contributed by atoms with van der Waals surface area (Å²) >= 11 is 5.98. The highest BCUT2D eigenvalue weighted by atomic mass is 35.5. The van der Waals surface area contributed by atoms with Crippen molar-refractivity contribution in [1.82, 2.24) is 20.3 Å². The zero-order valence-corrected chi connectivity index (χ0v) is 10.1. The van der Waals surface area contributed by atoms with Crippen LogP contribution in [0.4, 0.5) is 4.39 Å². The Balaban J connectivity index is 2.35. The molecule has 0 fully saturated rings. The number of hydrogen-bond donors (Lipinski definition) is 1. The summed E-state index contributed by atoms with van der Waals surface area (Å²) in [4.78, 5) is 0. The highest BCUT2D eigenvalue weighted by Crippen LogP contribution is 2.21. The van der Waals surface area contributed by atoms with E-state index in [1.165, 1.54) is 12.1 Å². The van der Waals surface area contributed by atoms with E-state index in [0.29, 0.717) is 17.3 Å². The molecule has 0 spiro atoms. The number of hydrogen-bond acceptors (Lipinski definition) is 3. The first kappa shape index (κ1) is 12.0.